The van der Waals surface area contributed by atoms with E-state index >= 15 is 0 Å². The van der Waals surface area contributed by atoms with Crippen LogP contribution in [0, 0.1) is 0 Å². The van der Waals surface area contributed by atoms with Crippen LogP contribution in [0.1, 0.15) is 43.7 Å². The molecular formula is C14H17BrO3. The Balaban J connectivity index is 2.61. The summed E-state index contributed by atoms with van der Waals surface area (Å²) in [5, 5.41) is 19.9. The largest absolute Gasteiger partial charge is 0.507 e. The van der Waals surface area contributed by atoms with Crippen LogP contribution in [-0.4, -0.2) is 16.2 Å². The van der Waals surface area contributed by atoms with Crippen molar-refractivity contribution in [1.29, 1.82) is 0 Å². The lowest BCUT2D eigenvalue weighted by atomic mass is 9.77. The van der Waals surface area contributed by atoms with Crippen LogP contribution in [0.2, 0.25) is 0 Å². The second-order valence-corrected chi connectivity index (χ2v) is 5.82. The number of halogens is 1. The average molecular weight is 313 g/mol. The van der Waals surface area contributed by atoms with E-state index in [1.54, 1.807) is 6.07 Å². The fourth-order valence-electron chi connectivity index (χ4n) is 2.87. The monoisotopic (exact) mass is 312 g/mol. The molecule has 0 spiro atoms. The molecule has 1 aliphatic rings. The van der Waals surface area contributed by atoms with Crippen molar-refractivity contribution in [3.63, 3.8) is 0 Å². The normalized spacial score (nSPS) is 17.9. The van der Waals surface area contributed by atoms with E-state index in [4.69, 9.17) is 0 Å². The van der Waals surface area contributed by atoms with Crippen molar-refractivity contribution in [2.75, 3.05) is 0 Å². The number of aromatic hydroxyl groups is 1. The molecule has 0 saturated heterocycles. The summed E-state index contributed by atoms with van der Waals surface area (Å²) in [5.74, 6) is -0.666. The highest BCUT2D eigenvalue weighted by Gasteiger charge is 2.45. The van der Waals surface area contributed by atoms with Crippen molar-refractivity contribution in [2.24, 2.45) is 0 Å². The first-order valence-electron chi connectivity index (χ1n) is 6.26. The molecule has 0 heterocycles. The smallest absolute Gasteiger partial charge is 0.314 e. The molecule has 1 aromatic rings. The molecule has 0 atom stereocenters. The summed E-state index contributed by atoms with van der Waals surface area (Å²) < 4.78 is 0.833. The first-order valence-corrected chi connectivity index (χ1v) is 7.06. The number of hydrogen-bond acceptors (Lipinski definition) is 2. The first-order chi connectivity index (χ1) is 8.51. The summed E-state index contributed by atoms with van der Waals surface area (Å²) in [4.78, 5) is 11.7. The van der Waals surface area contributed by atoms with Gasteiger partial charge in [-0.2, -0.15) is 0 Å². The Labute approximate surface area is 115 Å². The van der Waals surface area contributed by atoms with Crippen molar-refractivity contribution >= 4 is 21.9 Å². The Bertz CT molecular complexity index is 476. The van der Waals surface area contributed by atoms with Gasteiger partial charge in [0.2, 0.25) is 0 Å². The van der Waals surface area contributed by atoms with Gasteiger partial charge in [-0.1, -0.05) is 35.7 Å². The summed E-state index contributed by atoms with van der Waals surface area (Å²) in [6, 6.07) is 3.61. The number of carbonyl (C=O) groups is 1. The van der Waals surface area contributed by atoms with E-state index in [0.29, 0.717) is 24.8 Å². The van der Waals surface area contributed by atoms with Crippen LogP contribution in [-0.2, 0) is 16.6 Å². The van der Waals surface area contributed by atoms with Crippen LogP contribution in [0.5, 0.6) is 5.75 Å². The molecule has 0 radical (unpaired) electrons. The van der Waals surface area contributed by atoms with Crippen LogP contribution in [0.4, 0.5) is 0 Å². The zero-order valence-electron chi connectivity index (χ0n) is 10.4. The molecule has 0 amide bonds. The van der Waals surface area contributed by atoms with Crippen LogP contribution in [0.25, 0.3) is 0 Å². The second-order valence-electron chi connectivity index (χ2n) is 4.91. The standard InChI is InChI=1S/C14H17BrO3/c1-2-9-7-10(15)8-11(12(9)16)14(13(17)18)5-3-4-6-14/h7-8,16H,2-6H2,1H3,(H,17,18). The molecular weight excluding hydrogens is 296 g/mol. The Hall–Kier alpha value is -1.03. The van der Waals surface area contributed by atoms with Crippen LogP contribution in [0.15, 0.2) is 16.6 Å². The highest BCUT2D eigenvalue weighted by atomic mass is 79.9. The SMILES string of the molecule is CCc1cc(Br)cc(C2(C(=O)O)CCCC2)c1O. The molecule has 98 valence electrons. The minimum absolute atomic E-state index is 0.157. The molecule has 18 heavy (non-hydrogen) atoms. The minimum Gasteiger partial charge on any atom is -0.507 e. The highest BCUT2D eigenvalue weighted by molar-refractivity contribution is 9.10. The second kappa shape index (κ2) is 4.92. The van der Waals surface area contributed by atoms with Crippen LogP contribution >= 0.6 is 15.9 Å². The molecule has 1 fully saturated rings. The van der Waals surface area contributed by atoms with Crippen molar-refractivity contribution < 1.29 is 15.0 Å². The number of carboxylic acid groups (broad SMARTS) is 1. The molecule has 0 aliphatic heterocycles. The number of rotatable bonds is 3. The molecule has 2 N–H and O–H groups in total. The van der Waals surface area contributed by atoms with Gasteiger partial charge in [0.25, 0.3) is 0 Å². The number of hydrogen-bond donors (Lipinski definition) is 2. The van der Waals surface area contributed by atoms with Gasteiger partial charge < -0.3 is 10.2 Å². The van der Waals surface area contributed by atoms with Crippen molar-refractivity contribution in [3.05, 3.63) is 27.7 Å². The molecule has 3 nitrogen and oxygen atoms in total. The van der Waals surface area contributed by atoms with E-state index < -0.39 is 11.4 Å². The fourth-order valence-corrected chi connectivity index (χ4v) is 3.37. The van der Waals surface area contributed by atoms with E-state index in [1.807, 2.05) is 13.0 Å². The van der Waals surface area contributed by atoms with Gasteiger partial charge in [0, 0.05) is 10.0 Å². The van der Waals surface area contributed by atoms with Gasteiger partial charge in [0.05, 0.1) is 5.41 Å². The lowest BCUT2D eigenvalue weighted by molar-refractivity contribution is -0.143. The Kier molecular flexibility index (Phi) is 3.66. The molecule has 0 aromatic heterocycles. The lowest BCUT2D eigenvalue weighted by Crippen LogP contribution is -2.32. The third-order valence-corrected chi connectivity index (χ3v) is 4.37. The Morgan fingerprint density at radius 1 is 1.39 bits per heavy atom. The quantitative estimate of drug-likeness (QED) is 0.896. The molecule has 1 saturated carbocycles. The Morgan fingerprint density at radius 2 is 2.00 bits per heavy atom. The third-order valence-electron chi connectivity index (χ3n) is 3.92. The number of aliphatic carboxylic acids is 1. The number of phenols is 1. The zero-order valence-corrected chi connectivity index (χ0v) is 12.0. The summed E-state index contributed by atoms with van der Waals surface area (Å²) in [6.07, 6.45) is 3.71. The summed E-state index contributed by atoms with van der Waals surface area (Å²) in [7, 11) is 0. The van der Waals surface area contributed by atoms with Crippen LogP contribution < -0.4 is 0 Å². The third kappa shape index (κ3) is 2.03. The predicted molar refractivity (Wildman–Crippen MR) is 73.0 cm³/mol. The van der Waals surface area contributed by atoms with Gasteiger partial charge in [-0.3, -0.25) is 4.79 Å². The summed E-state index contributed by atoms with van der Waals surface area (Å²) in [6.45, 7) is 1.95. The van der Waals surface area contributed by atoms with Gasteiger partial charge in [-0.05, 0) is 37.0 Å². The number of aryl methyl sites for hydroxylation is 1. The molecule has 0 unspecified atom stereocenters. The summed E-state index contributed by atoms with van der Waals surface area (Å²) >= 11 is 3.40. The zero-order chi connectivity index (χ0) is 13.3. The maximum atomic E-state index is 11.7. The predicted octanol–water partition coefficient (Wildman–Crippen LogP) is 3.61. The molecule has 2 rings (SSSR count). The first kappa shape index (κ1) is 13.4. The maximum Gasteiger partial charge on any atom is 0.314 e. The molecule has 1 aliphatic carbocycles. The van der Waals surface area contributed by atoms with E-state index in [2.05, 4.69) is 15.9 Å². The van der Waals surface area contributed by atoms with Gasteiger partial charge in [0.15, 0.2) is 0 Å². The number of phenolic OH excluding ortho intramolecular Hbond substituents is 1. The topological polar surface area (TPSA) is 57.5 Å². The van der Waals surface area contributed by atoms with Crippen molar-refractivity contribution in [3.8, 4) is 5.75 Å². The minimum atomic E-state index is -0.905. The van der Waals surface area contributed by atoms with Crippen LogP contribution in [0.3, 0.4) is 0 Å². The fraction of sp³-hybridized carbons (Fsp3) is 0.500. The van der Waals surface area contributed by atoms with Crippen molar-refractivity contribution in [1.82, 2.24) is 0 Å². The number of carboxylic acids is 1. The highest BCUT2D eigenvalue weighted by Crippen LogP contribution is 2.46. The van der Waals surface area contributed by atoms with Gasteiger partial charge in [-0.15, -0.1) is 0 Å². The van der Waals surface area contributed by atoms with Gasteiger partial charge in [0.1, 0.15) is 5.75 Å². The van der Waals surface area contributed by atoms with E-state index in [1.165, 1.54) is 0 Å². The maximum absolute atomic E-state index is 11.7. The van der Waals surface area contributed by atoms with Gasteiger partial charge >= 0.3 is 5.97 Å². The molecule has 4 heteroatoms. The number of benzene rings is 1. The Morgan fingerprint density at radius 3 is 2.50 bits per heavy atom. The average Bonchev–Trinajstić information content (AvgIpc) is 2.82. The van der Waals surface area contributed by atoms with Gasteiger partial charge in [-0.25, -0.2) is 0 Å². The molecule has 1 aromatic carbocycles. The van der Waals surface area contributed by atoms with E-state index in [0.717, 1.165) is 22.9 Å². The van der Waals surface area contributed by atoms with E-state index in [9.17, 15) is 15.0 Å². The molecule has 0 bridgehead atoms. The van der Waals surface area contributed by atoms with E-state index in [-0.39, 0.29) is 5.75 Å². The summed E-state index contributed by atoms with van der Waals surface area (Å²) in [5.41, 5.74) is 0.461. The lowest BCUT2D eigenvalue weighted by Gasteiger charge is -2.26. The van der Waals surface area contributed by atoms with Crippen molar-refractivity contribution in [2.45, 2.75) is 44.4 Å².